The number of esters is 1. The molecule has 0 radical (unpaired) electrons. The molecule has 1 N–H and O–H groups in total. The van der Waals surface area contributed by atoms with E-state index in [0.717, 1.165) is 33.7 Å². The molecule has 0 aliphatic carbocycles. The summed E-state index contributed by atoms with van der Waals surface area (Å²) in [5.41, 5.74) is 6.65. The highest BCUT2D eigenvalue weighted by molar-refractivity contribution is 7.98. The molecule has 1 amide bonds. The van der Waals surface area contributed by atoms with Crippen LogP contribution in [0, 0.1) is 6.92 Å². The van der Waals surface area contributed by atoms with Gasteiger partial charge >= 0.3 is 5.97 Å². The molecular weight excluding hydrogens is 518 g/mol. The lowest BCUT2D eigenvalue weighted by atomic mass is 9.93. The summed E-state index contributed by atoms with van der Waals surface area (Å²) in [6, 6.07) is 27.6. The number of hydrogen-bond donors (Lipinski definition) is 1. The monoisotopic (exact) mass is 553 g/mol. The molecule has 40 heavy (non-hydrogen) atoms. The lowest BCUT2D eigenvalue weighted by Gasteiger charge is -2.26. The van der Waals surface area contributed by atoms with E-state index in [0.29, 0.717) is 25.1 Å². The molecule has 1 atom stereocenters. The Hall–Kier alpha value is -4.10. The van der Waals surface area contributed by atoms with Gasteiger partial charge in [0.05, 0.1) is 19.0 Å². The van der Waals surface area contributed by atoms with Crippen LogP contribution >= 0.6 is 11.8 Å². The first-order valence-electron chi connectivity index (χ1n) is 13.3. The van der Waals surface area contributed by atoms with Gasteiger partial charge in [-0.1, -0.05) is 60.7 Å². The second-order valence-electron chi connectivity index (χ2n) is 9.58. The highest BCUT2D eigenvalue weighted by atomic mass is 32.2. The van der Waals surface area contributed by atoms with Crippen LogP contribution in [0.2, 0.25) is 0 Å². The third-order valence-corrected chi connectivity index (χ3v) is 7.41. The summed E-state index contributed by atoms with van der Waals surface area (Å²) >= 11 is 1.62. The molecule has 0 bridgehead atoms. The van der Waals surface area contributed by atoms with Gasteiger partial charge in [-0.15, -0.1) is 0 Å². The largest absolute Gasteiger partial charge is 0.467 e. The molecule has 1 heterocycles. The van der Waals surface area contributed by atoms with E-state index in [9.17, 15) is 9.59 Å². The van der Waals surface area contributed by atoms with Crippen LogP contribution in [0.4, 0.5) is 5.69 Å². The Morgan fingerprint density at radius 1 is 0.925 bits per heavy atom. The van der Waals surface area contributed by atoms with Gasteiger partial charge in [-0.05, 0) is 77.4 Å². The van der Waals surface area contributed by atoms with E-state index in [1.54, 1.807) is 18.0 Å². The maximum absolute atomic E-state index is 13.6. The molecule has 0 saturated heterocycles. The number of hydrogen-bond acceptors (Lipinski definition) is 6. The van der Waals surface area contributed by atoms with Crippen molar-refractivity contribution in [3.8, 4) is 11.1 Å². The summed E-state index contributed by atoms with van der Waals surface area (Å²) < 4.78 is 4.96. The zero-order valence-corrected chi connectivity index (χ0v) is 24.0. The van der Waals surface area contributed by atoms with Gasteiger partial charge in [0, 0.05) is 24.8 Å². The van der Waals surface area contributed by atoms with Gasteiger partial charge in [-0.2, -0.15) is 11.8 Å². The first-order chi connectivity index (χ1) is 19.5. The van der Waals surface area contributed by atoms with E-state index >= 15 is 0 Å². The molecular formula is C33H35N3O3S. The van der Waals surface area contributed by atoms with Crippen molar-refractivity contribution in [3.05, 3.63) is 120 Å². The van der Waals surface area contributed by atoms with Crippen LogP contribution in [-0.4, -0.2) is 42.0 Å². The quantitative estimate of drug-likeness (QED) is 0.208. The standard InChI is InChI=1S/C33H35N3O3S/c1-24-10-7-8-14-28(24)30-20-26(15-16-29(30)32(37)35-31(17-19-40-3)33(38)39-2)23-36(27-13-9-18-34-21-27)22-25-11-5-4-6-12-25/h4-16,18,20-21,31H,17,19,22-23H2,1-3H3,(H,35,37)/t31-/m0/s1. The smallest absolute Gasteiger partial charge is 0.328 e. The van der Waals surface area contributed by atoms with Gasteiger partial charge in [-0.25, -0.2) is 4.79 Å². The Kier molecular flexibility index (Phi) is 10.4. The van der Waals surface area contributed by atoms with Gasteiger partial charge in [0.1, 0.15) is 6.04 Å². The van der Waals surface area contributed by atoms with Crippen LogP contribution in [0.15, 0.2) is 97.3 Å². The summed E-state index contributed by atoms with van der Waals surface area (Å²) in [6.07, 6.45) is 6.11. The van der Waals surface area contributed by atoms with Gasteiger partial charge in [0.15, 0.2) is 0 Å². The molecule has 0 fully saturated rings. The van der Waals surface area contributed by atoms with Crippen LogP contribution in [-0.2, 0) is 22.6 Å². The third kappa shape index (κ3) is 7.51. The fraction of sp³-hybridized carbons (Fsp3) is 0.242. The van der Waals surface area contributed by atoms with Gasteiger partial charge < -0.3 is 15.0 Å². The maximum atomic E-state index is 13.6. The number of anilines is 1. The molecule has 4 aromatic rings. The van der Waals surface area contributed by atoms with E-state index < -0.39 is 12.0 Å². The molecule has 1 aromatic heterocycles. The van der Waals surface area contributed by atoms with Crippen molar-refractivity contribution in [1.29, 1.82) is 0 Å². The number of nitrogens with one attached hydrogen (secondary N) is 1. The average molecular weight is 554 g/mol. The number of aryl methyl sites for hydroxylation is 1. The lowest BCUT2D eigenvalue weighted by molar-refractivity contribution is -0.142. The number of thioether (sulfide) groups is 1. The van der Waals surface area contributed by atoms with Crippen molar-refractivity contribution in [2.45, 2.75) is 32.5 Å². The second-order valence-corrected chi connectivity index (χ2v) is 10.6. The Balaban J connectivity index is 1.70. The molecule has 0 unspecified atom stereocenters. The second kappa shape index (κ2) is 14.3. The summed E-state index contributed by atoms with van der Waals surface area (Å²) in [6.45, 7) is 3.38. The number of ether oxygens (including phenoxy) is 1. The van der Waals surface area contributed by atoms with E-state index in [4.69, 9.17) is 4.74 Å². The number of carbonyl (C=O) groups excluding carboxylic acids is 2. The summed E-state index contributed by atoms with van der Waals surface area (Å²) in [7, 11) is 1.34. The number of amides is 1. The minimum absolute atomic E-state index is 0.297. The van der Waals surface area contributed by atoms with E-state index in [1.165, 1.54) is 12.7 Å². The van der Waals surface area contributed by atoms with Crippen molar-refractivity contribution in [3.63, 3.8) is 0 Å². The molecule has 3 aromatic carbocycles. The van der Waals surface area contributed by atoms with Gasteiger partial charge in [0.25, 0.3) is 5.91 Å². The first kappa shape index (κ1) is 28.9. The van der Waals surface area contributed by atoms with Crippen molar-refractivity contribution >= 4 is 29.3 Å². The Bertz CT molecular complexity index is 1410. The Labute approximate surface area is 240 Å². The number of benzene rings is 3. The first-order valence-corrected chi connectivity index (χ1v) is 14.6. The number of aromatic nitrogens is 1. The normalized spacial score (nSPS) is 11.5. The molecule has 6 nitrogen and oxygen atoms in total. The Morgan fingerprint density at radius 3 is 2.38 bits per heavy atom. The fourth-order valence-electron chi connectivity index (χ4n) is 4.65. The van der Waals surface area contributed by atoms with Crippen LogP contribution in [0.5, 0.6) is 0 Å². The molecule has 0 aliphatic rings. The van der Waals surface area contributed by atoms with Crippen molar-refractivity contribution < 1.29 is 14.3 Å². The number of pyridine rings is 1. The predicted molar refractivity (Wildman–Crippen MR) is 163 cm³/mol. The highest BCUT2D eigenvalue weighted by Gasteiger charge is 2.24. The molecule has 0 spiro atoms. The third-order valence-electron chi connectivity index (χ3n) is 6.77. The molecule has 0 aliphatic heterocycles. The zero-order chi connectivity index (χ0) is 28.3. The summed E-state index contributed by atoms with van der Waals surface area (Å²) in [5.74, 6) is -0.00548. The fourth-order valence-corrected chi connectivity index (χ4v) is 5.12. The average Bonchev–Trinajstić information content (AvgIpc) is 2.99. The van der Waals surface area contributed by atoms with Crippen LogP contribution < -0.4 is 10.2 Å². The summed E-state index contributed by atoms with van der Waals surface area (Å²) in [4.78, 5) is 32.6. The minimum Gasteiger partial charge on any atom is -0.467 e. The van der Waals surface area contributed by atoms with Crippen molar-refractivity contribution in [1.82, 2.24) is 10.3 Å². The van der Waals surface area contributed by atoms with Crippen molar-refractivity contribution in [2.24, 2.45) is 0 Å². The van der Waals surface area contributed by atoms with Crippen LogP contribution in [0.3, 0.4) is 0 Å². The maximum Gasteiger partial charge on any atom is 0.328 e. The van der Waals surface area contributed by atoms with Gasteiger partial charge in [-0.3, -0.25) is 9.78 Å². The molecule has 0 saturated carbocycles. The summed E-state index contributed by atoms with van der Waals surface area (Å²) in [5, 5.41) is 2.92. The van der Waals surface area contributed by atoms with Gasteiger partial charge in [0.2, 0.25) is 0 Å². The lowest BCUT2D eigenvalue weighted by Crippen LogP contribution is -2.42. The molecule has 4 rings (SSSR count). The predicted octanol–water partition coefficient (Wildman–Crippen LogP) is 6.29. The Morgan fingerprint density at radius 2 is 1.68 bits per heavy atom. The van der Waals surface area contributed by atoms with Crippen LogP contribution in [0.25, 0.3) is 11.1 Å². The number of nitrogens with zero attached hydrogens (tertiary/aromatic N) is 2. The SMILES string of the molecule is COC(=O)[C@H](CCSC)NC(=O)c1ccc(CN(Cc2ccccc2)c2cccnc2)cc1-c1ccccc1C. The number of methoxy groups -OCH3 is 1. The van der Waals surface area contributed by atoms with Crippen molar-refractivity contribution in [2.75, 3.05) is 24.0 Å². The van der Waals surface area contributed by atoms with E-state index in [2.05, 4.69) is 39.5 Å². The van der Waals surface area contributed by atoms with E-state index in [1.807, 2.05) is 80.0 Å². The van der Waals surface area contributed by atoms with Crippen LogP contribution in [0.1, 0.15) is 33.5 Å². The molecule has 206 valence electrons. The molecule has 7 heteroatoms. The highest BCUT2D eigenvalue weighted by Crippen LogP contribution is 2.30. The number of rotatable bonds is 12. The minimum atomic E-state index is -0.707. The topological polar surface area (TPSA) is 71.5 Å². The zero-order valence-electron chi connectivity index (χ0n) is 23.2. The van der Waals surface area contributed by atoms with E-state index in [-0.39, 0.29) is 5.91 Å². The number of carbonyl (C=O) groups is 2.